The highest BCUT2D eigenvalue weighted by Gasteiger charge is 2.42. The van der Waals surface area contributed by atoms with Gasteiger partial charge in [0.2, 0.25) is 0 Å². The lowest BCUT2D eigenvalue weighted by molar-refractivity contribution is 0.451. The molecule has 4 aromatic heterocycles. The van der Waals surface area contributed by atoms with Gasteiger partial charge in [-0.3, -0.25) is 0 Å². The third-order valence-electron chi connectivity index (χ3n) is 10.2. The highest BCUT2D eigenvalue weighted by molar-refractivity contribution is 9.10. The minimum Gasteiger partial charge on any atom is -0.455 e. The van der Waals surface area contributed by atoms with Crippen LogP contribution in [0.1, 0.15) is 46.3 Å². The summed E-state index contributed by atoms with van der Waals surface area (Å²) in [5.41, 5.74) is 9.81. The van der Waals surface area contributed by atoms with Gasteiger partial charge >= 0.3 is 0 Å². The summed E-state index contributed by atoms with van der Waals surface area (Å²) >= 11 is 3.97. The van der Waals surface area contributed by atoms with E-state index < -0.39 is 5.54 Å². The van der Waals surface area contributed by atoms with Crippen molar-refractivity contribution in [1.29, 1.82) is 0 Å². The second-order valence-corrected chi connectivity index (χ2v) is 14.4. The molecule has 0 atom stereocenters. The standard InChI is InChI=1S/C45H36BrN7O/c1-4-39-48-41-29(2)26-30(3)47-44(41)52(39)28-31-24-25-38-37(27-31)40(46)42(54-38)35-22-14-15-23-36(35)43-49-50-51-53(43)45(32-16-8-5-9-17-32,33-18-10-6-11-19-33)34-20-12-7-13-21-34/h5-27H,4,28H2,1-3H3. The predicted molar refractivity (Wildman–Crippen MR) is 216 cm³/mol. The van der Waals surface area contributed by atoms with Gasteiger partial charge in [-0.05, 0) is 86.2 Å². The van der Waals surface area contributed by atoms with Crippen LogP contribution in [0.4, 0.5) is 0 Å². The second-order valence-electron chi connectivity index (χ2n) is 13.6. The van der Waals surface area contributed by atoms with Gasteiger partial charge in [0.15, 0.2) is 11.5 Å². The molecule has 54 heavy (non-hydrogen) atoms. The van der Waals surface area contributed by atoms with Crippen molar-refractivity contribution in [2.75, 3.05) is 0 Å². The molecule has 0 aliphatic heterocycles. The van der Waals surface area contributed by atoms with Crippen LogP contribution in [0.25, 0.3) is 44.8 Å². The molecule has 0 aliphatic carbocycles. The smallest absolute Gasteiger partial charge is 0.184 e. The summed E-state index contributed by atoms with van der Waals surface area (Å²) in [6.07, 6.45) is 0.813. The quantitative estimate of drug-likeness (QED) is 0.136. The van der Waals surface area contributed by atoms with Crippen LogP contribution in [-0.4, -0.2) is 34.7 Å². The SMILES string of the molecule is CCc1nc2c(C)cc(C)nc2n1Cc1ccc2oc(-c3ccccc3-c3nnnn3C(c3ccccc3)(c3ccccc3)c3ccccc3)c(Br)c2c1. The fourth-order valence-corrected chi connectivity index (χ4v) is 8.42. The van der Waals surface area contributed by atoms with Crippen LogP contribution in [0.3, 0.4) is 0 Å². The number of nitrogens with zero attached hydrogens (tertiary/aromatic N) is 7. The zero-order valence-electron chi connectivity index (χ0n) is 30.1. The van der Waals surface area contributed by atoms with E-state index in [2.05, 4.69) is 143 Å². The van der Waals surface area contributed by atoms with E-state index in [1.165, 1.54) is 0 Å². The van der Waals surface area contributed by atoms with Crippen molar-refractivity contribution in [3.63, 3.8) is 0 Å². The van der Waals surface area contributed by atoms with Crippen molar-refractivity contribution >= 4 is 38.1 Å². The molecule has 5 aromatic carbocycles. The maximum Gasteiger partial charge on any atom is 0.184 e. The summed E-state index contributed by atoms with van der Waals surface area (Å²) in [7, 11) is 0. The first-order valence-corrected chi connectivity index (χ1v) is 18.9. The molecule has 4 heterocycles. The van der Waals surface area contributed by atoms with Gasteiger partial charge in [0, 0.05) is 28.6 Å². The van der Waals surface area contributed by atoms with E-state index in [9.17, 15) is 0 Å². The lowest BCUT2D eigenvalue weighted by Crippen LogP contribution is -2.39. The third kappa shape index (κ3) is 5.46. The number of hydrogen-bond donors (Lipinski definition) is 0. The first-order valence-electron chi connectivity index (χ1n) is 18.1. The zero-order valence-corrected chi connectivity index (χ0v) is 31.7. The fourth-order valence-electron chi connectivity index (χ4n) is 7.82. The van der Waals surface area contributed by atoms with E-state index in [4.69, 9.17) is 24.7 Å². The Balaban J connectivity index is 1.19. The summed E-state index contributed by atoms with van der Waals surface area (Å²) < 4.78 is 11.7. The summed E-state index contributed by atoms with van der Waals surface area (Å²) in [4.78, 5) is 9.86. The molecular formula is C45H36BrN7O. The summed E-state index contributed by atoms with van der Waals surface area (Å²) in [5.74, 6) is 2.32. The van der Waals surface area contributed by atoms with Gasteiger partial charge in [0.25, 0.3) is 0 Å². The predicted octanol–water partition coefficient (Wildman–Crippen LogP) is 10.3. The molecule has 8 nitrogen and oxygen atoms in total. The zero-order chi connectivity index (χ0) is 36.8. The number of aryl methyl sites for hydroxylation is 3. The Morgan fingerprint density at radius 3 is 1.94 bits per heavy atom. The molecule has 264 valence electrons. The number of tetrazole rings is 1. The molecule has 9 heteroatoms. The third-order valence-corrected chi connectivity index (χ3v) is 11.0. The Morgan fingerprint density at radius 1 is 0.704 bits per heavy atom. The Labute approximate surface area is 321 Å². The van der Waals surface area contributed by atoms with Crippen molar-refractivity contribution < 1.29 is 4.42 Å². The Hall–Kier alpha value is -6.19. The van der Waals surface area contributed by atoms with Gasteiger partial charge < -0.3 is 8.98 Å². The van der Waals surface area contributed by atoms with Gasteiger partial charge in [-0.25, -0.2) is 14.6 Å². The molecule has 9 rings (SSSR count). The number of hydrogen-bond acceptors (Lipinski definition) is 6. The van der Waals surface area contributed by atoms with Crippen LogP contribution >= 0.6 is 15.9 Å². The normalized spacial score (nSPS) is 11.9. The number of aromatic nitrogens is 7. The average Bonchev–Trinajstić information content (AvgIpc) is 3.93. The molecule has 0 saturated heterocycles. The largest absolute Gasteiger partial charge is 0.455 e. The number of benzene rings is 5. The molecule has 0 bridgehead atoms. The summed E-state index contributed by atoms with van der Waals surface area (Å²) in [5, 5.41) is 14.8. The van der Waals surface area contributed by atoms with Gasteiger partial charge in [0.1, 0.15) is 28.2 Å². The number of pyridine rings is 1. The molecular weight excluding hydrogens is 734 g/mol. The van der Waals surface area contributed by atoms with Gasteiger partial charge in [-0.2, -0.15) is 0 Å². The second kappa shape index (κ2) is 13.7. The lowest BCUT2D eigenvalue weighted by Gasteiger charge is -2.36. The molecule has 0 saturated carbocycles. The molecule has 0 aliphatic rings. The van der Waals surface area contributed by atoms with Crippen LogP contribution < -0.4 is 0 Å². The van der Waals surface area contributed by atoms with Gasteiger partial charge in [-0.15, -0.1) is 5.10 Å². The van der Waals surface area contributed by atoms with Gasteiger partial charge in [0.05, 0.1) is 11.0 Å². The van der Waals surface area contributed by atoms with Crippen LogP contribution in [0, 0.1) is 13.8 Å². The summed E-state index contributed by atoms with van der Waals surface area (Å²) in [6, 6.07) is 47.9. The van der Waals surface area contributed by atoms with E-state index in [1.54, 1.807) is 0 Å². The first-order chi connectivity index (χ1) is 26.5. The van der Waals surface area contributed by atoms with Crippen LogP contribution in [0.5, 0.6) is 0 Å². The molecule has 0 unspecified atom stereocenters. The summed E-state index contributed by atoms with van der Waals surface area (Å²) in [6.45, 7) is 6.92. The Bertz CT molecular complexity index is 2670. The van der Waals surface area contributed by atoms with Crippen LogP contribution in [0.15, 0.2) is 148 Å². The molecule has 0 radical (unpaired) electrons. The number of rotatable bonds is 9. The van der Waals surface area contributed by atoms with E-state index in [1.807, 2.05) is 48.0 Å². The maximum absolute atomic E-state index is 6.68. The van der Waals surface area contributed by atoms with Crippen molar-refractivity contribution in [2.45, 2.75) is 39.3 Å². The van der Waals surface area contributed by atoms with Crippen molar-refractivity contribution in [2.24, 2.45) is 0 Å². The molecule has 0 spiro atoms. The average molecular weight is 771 g/mol. The van der Waals surface area contributed by atoms with Gasteiger partial charge in [-0.1, -0.05) is 128 Å². The van der Waals surface area contributed by atoms with Crippen molar-refractivity contribution in [3.8, 4) is 22.7 Å². The Kier molecular flexibility index (Phi) is 8.51. The van der Waals surface area contributed by atoms with E-state index in [-0.39, 0.29) is 0 Å². The Morgan fingerprint density at radius 2 is 1.31 bits per heavy atom. The van der Waals surface area contributed by atoms with E-state index in [0.717, 1.165) is 83.5 Å². The number of furan rings is 1. The van der Waals surface area contributed by atoms with Crippen LogP contribution in [-0.2, 0) is 18.5 Å². The monoisotopic (exact) mass is 769 g/mol. The van der Waals surface area contributed by atoms with Crippen molar-refractivity contribution in [3.05, 3.63) is 183 Å². The highest BCUT2D eigenvalue weighted by atomic mass is 79.9. The number of fused-ring (bicyclic) bond motifs is 2. The maximum atomic E-state index is 6.68. The lowest BCUT2D eigenvalue weighted by atomic mass is 9.77. The van der Waals surface area contributed by atoms with Crippen molar-refractivity contribution in [1.82, 2.24) is 34.7 Å². The molecule has 9 aromatic rings. The minimum absolute atomic E-state index is 0.604. The topological polar surface area (TPSA) is 87.4 Å². The fraction of sp³-hybridized carbons (Fsp3) is 0.133. The molecule has 0 N–H and O–H groups in total. The van der Waals surface area contributed by atoms with E-state index in [0.29, 0.717) is 18.1 Å². The highest BCUT2D eigenvalue weighted by Crippen LogP contribution is 2.45. The van der Waals surface area contributed by atoms with E-state index >= 15 is 0 Å². The number of imidazole rings is 1. The number of halogens is 1. The molecule has 0 fully saturated rings. The molecule has 0 amide bonds. The van der Waals surface area contributed by atoms with Crippen LogP contribution in [0.2, 0.25) is 0 Å². The minimum atomic E-state index is -0.892. The first kappa shape index (κ1) is 33.6.